The first kappa shape index (κ1) is 20.0. The van der Waals surface area contributed by atoms with E-state index in [1.807, 2.05) is 11.8 Å². The third-order valence-electron chi connectivity index (χ3n) is 4.63. The summed E-state index contributed by atoms with van der Waals surface area (Å²) in [6, 6.07) is 0. The highest BCUT2D eigenvalue weighted by atomic mass is 16.5. The highest BCUT2D eigenvalue weighted by molar-refractivity contribution is 5.85. The number of carbonyl (C=O) groups is 1. The van der Waals surface area contributed by atoms with Gasteiger partial charge in [0.05, 0.1) is 0 Å². The molecule has 25 heavy (non-hydrogen) atoms. The van der Waals surface area contributed by atoms with Crippen molar-refractivity contribution in [1.82, 2.24) is 15.5 Å². The lowest BCUT2D eigenvalue weighted by molar-refractivity contribution is -0.128. The fourth-order valence-corrected chi connectivity index (χ4v) is 3.10. The molecule has 7 heteroatoms. The number of guanidine groups is 1. The Kier molecular flexibility index (Phi) is 9.66. The van der Waals surface area contributed by atoms with E-state index in [4.69, 9.17) is 9.47 Å². The largest absolute Gasteiger partial charge is 0.381 e. The van der Waals surface area contributed by atoms with Crippen molar-refractivity contribution in [2.24, 2.45) is 10.9 Å². The van der Waals surface area contributed by atoms with E-state index < -0.39 is 0 Å². The monoisotopic (exact) mass is 354 g/mol. The summed E-state index contributed by atoms with van der Waals surface area (Å²) in [5, 5.41) is 6.46. The predicted octanol–water partition coefficient (Wildman–Crippen LogP) is 0.997. The molecule has 0 saturated carbocycles. The van der Waals surface area contributed by atoms with Crippen LogP contribution in [-0.4, -0.2) is 75.9 Å². The van der Waals surface area contributed by atoms with Crippen LogP contribution in [-0.2, 0) is 14.3 Å². The zero-order chi connectivity index (χ0) is 17.7. The van der Waals surface area contributed by atoms with E-state index in [1.165, 1.54) is 0 Å². The molecule has 0 aromatic rings. The van der Waals surface area contributed by atoms with Gasteiger partial charge in [0.25, 0.3) is 0 Å². The molecule has 2 aliphatic rings. The van der Waals surface area contributed by atoms with Gasteiger partial charge in [0.2, 0.25) is 5.91 Å². The molecule has 0 aromatic heterocycles. The van der Waals surface area contributed by atoms with E-state index in [-0.39, 0.29) is 12.5 Å². The standard InChI is InChI=1S/C18H34N4O3/c1-2-19-18(21-14-17(23)22-9-3-4-10-22)20-8-5-11-25-15-16-6-12-24-13-7-16/h16H,2-15H2,1H3,(H2,19,20,21). The van der Waals surface area contributed by atoms with Crippen LogP contribution in [0.4, 0.5) is 0 Å². The average Bonchev–Trinajstić information content (AvgIpc) is 3.18. The zero-order valence-electron chi connectivity index (χ0n) is 15.6. The van der Waals surface area contributed by atoms with Crippen LogP contribution in [0.3, 0.4) is 0 Å². The second-order valence-corrected chi connectivity index (χ2v) is 6.69. The molecule has 0 aromatic carbocycles. The SMILES string of the molecule is CCNC(=NCC(=O)N1CCCC1)NCCCOCC1CCOCC1. The lowest BCUT2D eigenvalue weighted by Crippen LogP contribution is -2.39. The molecule has 1 amide bonds. The Morgan fingerprint density at radius 1 is 1.24 bits per heavy atom. The topological polar surface area (TPSA) is 75.2 Å². The lowest BCUT2D eigenvalue weighted by atomic mass is 10.0. The van der Waals surface area contributed by atoms with E-state index in [9.17, 15) is 4.79 Å². The zero-order valence-corrected chi connectivity index (χ0v) is 15.6. The Bertz CT molecular complexity index is 405. The van der Waals surface area contributed by atoms with Crippen molar-refractivity contribution in [3.05, 3.63) is 0 Å². The van der Waals surface area contributed by atoms with Crippen LogP contribution in [0, 0.1) is 5.92 Å². The van der Waals surface area contributed by atoms with Crippen molar-refractivity contribution >= 4 is 11.9 Å². The number of amides is 1. The number of ether oxygens (including phenoxy) is 2. The van der Waals surface area contributed by atoms with E-state index in [0.29, 0.717) is 11.9 Å². The van der Waals surface area contributed by atoms with Crippen molar-refractivity contribution < 1.29 is 14.3 Å². The molecule has 144 valence electrons. The molecule has 0 bridgehead atoms. The molecule has 0 aliphatic carbocycles. The molecular formula is C18H34N4O3. The number of hydrogen-bond acceptors (Lipinski definition) is 4. The first-order valence-electron chi connectivity index (χ1n) is 9.75. The van der Waals surface area contributed by atoms with Gasteiger partial charge in [-0.1, -0.05) is 0 Å². The minimum atomic E-state index is 0.120. The highest BCUT2D eigenvalue weighted by Crippen LogP contribution is 2.14. The fraction of sp³-hybridized carbons (Fsp3) is 0.889. The lowest BCUT2D eigenvalue weighted by Gasteiger charge is -2.21. The van der Waals surface area contributed by atoms with E-state index in [0.717, 1.165) is 84.7 Å². The highest BCUT2D eigenvalue weighted by Gasteiger charge is 2.17. The van der Waals surface area contributed by atoms with Gasteiger partial charge in [0, 0.05) is 52.6 Å². The van der Waals surface area contributed by atoms with Crippen molar-refractivity contribution in [2.75, 3.05) is 59.2 Å². The van der Waals surface area contributed by atoms with Crippen LogP contribution < -0.4 is 10.6 Å². The summed E-state index contributed by atoms with van der Waals surface area (Å²) in [4.78, 5) is 18.4. The molecule has 0 spiro atoms. The minimum Gasteiger partial charge on any atom is -0.381 e. The van der Waals surface area contributed by atoms with E-state index in [2.05, 4.69) is 15.6 Å². The Morgan fingerprint density at radius 2 is 2.00 bits per heavy atom. The Labute approximate surface area is 151 Å². The average molecular weight is 354 g/mol. The van der Waals surface area contributed by atoms with Crippen molar-refractivity contribution in [3.63, 3.8) is 0 Å². The maximum atomic E-state index is 12.1. The minimum absolute atomic E-state index is 0.120. The van der Waals surface area contributed by atoms with Crippen LogP contribution in [0.15, 0.2) is 4.99 Å². The quantitative estimate of drug-likeness (QED) is 0.367. The Hall–Kier alpha value is -1.34. The number of aliphatic imine (C=N–C) groups is 1. The van der Waals surface area contributed by atoms with Gasteiger partial charge in [-0.2, -0.15) is 0 Å². The van der Waals surface area contributed by atoms with E-state index in [1.54, 1.807) is 0 Å². The van der Waals surface area contributed by atoms with Crippen LogP contribution >= 0.6 is 0 Å². The molecule has 2 N–H and O–H groups in total. The van der Waals surface area contributed by atoms with Gasteiger partial charge < -0.3 is 25.0 Å². The normalized spacial score (nSPS) is 19.2. The summed E-state index contributed by atoms with van der Waals surface area (Å²) in [5.74, 6) is 1.48. The predicted molar refractivity (Wildman–Crippen MR) is 98.8 cm³/mol. The van der Waals surface area contributed by atoms with Gasteiger partial charge in [-0.25, -0.2) is 4.99 Å². The molecule has 0 unspecified atom stereocenters. The molecule has 2 saturated heterocycles. The van der Waals surface area contributed by atoms with Gasteiger partial charge in [-0.05, 0) is 44.9 Å². The number of nitrogens with one attached hydrogen (secondary N) is 2. The Balaban J connectivity index is 1.56. The second-order valence-electron chi connectivity index (χ2n) is 6.69. The van der Waals surface area contributed by atoms with Gasteiger partial charge in [-0.15, -0.1) is 0 Å². The fourth-order valence-electron chi connectivity index (χ4n) is 3.10. The molecule has 2 fully saturated rings. The third kappa shape index (κ3) is 8.05. The molecule has 2 heterocycles. The first-order chi connectivity index (χ1) is 12.3. The second kappa shape index (κ2) is 12.1. The van der Waals surface area contributed by atoms with Gasteiger partial charge in [0.1, 0.15) is 6.54 Å². The summed E-state index contributed by atoms with van der Waals surface area (Å²) in [5.41, 5.74) is 0. The summed E-state index contributed by atoms with van der Waals surface area (Å²) in [6.07, 6.45) is 5.37. The number of hydrogen-bond donors (Lipinski definition) is 2. The third-order valence-corrected chi connectivity index (χ3v) is 4.63. The van der Waals surface area contributed by atoms with Crippen molar-refractivity contribution in [3.8, 4) is 0 Å². The number of likely N-dealkylation sites (tertiary alicyclic amines) is 1. The van der Waals surface area contributed by atoms with Crippen LogP contribution in [0.5, 0.6) is 0 Å². The number of nitrogens with zero attached hydrogens (tertiary/aromatic N) is 2. The molecule has 0 atom stereocenters. The van der Waals surface area contributed by atoms with Gasteiger partial charge in [0.15, 0.2) is 5.96 Å². The molecule has 0 radical (unpaired) electrons. The number of rotatable bonds is 9. The smallest absolute Gasteiger partial charge is 0.244 e. The van der Waals surface area contributed by atoms with Crippen LogP contribution in [0.25, 0.3) is 0 Å². The summed E-state index contributed by atoms with van der Waals surface area (Å²) < 4.78 is 11.1. The van der Waals surface area contributed by atoms with Crippen LogP contribution in [0.1, 0.15) is 39.0 Å². The molecule has 2 aliphatic heterocycles. The van der Waals surface area contributed by atoms with Gasteiger partial charge >= 0.3 is 0 Å². The Morgan fingerprint density at radius 3 is 2.72 bits per heavy atom. The van der Waals surface area contributed by atoms with Crippen molar-refractivity contribution in [1.29, 1.82) is 0 Å². The number of carbonyl (C=O) groups excluding carboxylic acids is 1. The first-order valence-corrected chi connectivity index (χ1v) is 9.75. The summed E-state index contributed by atoms with van der Waals surface area (Å²) in [6.45, 7) is 8.89. The van der Waals surface area contributed by atoms with E-state index >= 15 is 0 Å². The maximum absolute atomic E-state index is 12.1. The van der Waals surface area contributed by atoms with Gasteiger partial charge in [-0.3, -0.25) is 4.79 Å². The van der Waals surface area contributed by atoms with Crippen molar-refractivity contribution in [2.45, 2.75) is 39.0 Å². The molecular weight excluding hydrogens is 320 g/mol. The van der Waals surface area contributed by atoms with Crippen LogP contribution in [0.2, 0.25) is 0 Å². The summed E-state index contributed by atoms with van der Waals surface area (Å²) in [7, 11) is 0. The summed E-state index contributed by atoms with van der Waals surface area (Å²) >= 11 is 0. The molecule has 7 nitrogen and oxygen atoms in total. The molecule has 2 rings (SSSR count). The maximum Gasteiger partial charge on any atom is 0.244 e.